The number of fused-ring (bicyclic) bond motifs is 1. The minimum absolute atomic E-state index is 0.222. The third kappa shape index (κ3) is 4.24. The number of nitrogens with zero attached hydrogens (tertiary/aromatic N) is 4. The van der Waals surface area contributed by atoms with Gasteiger partial charge in [-0.05, 0) is 74.6 Å². The first-order valence-electron chi connectivity index (χ1n) is 13.7. The average molecular weight is 539 g/mol. The maximum absolute atomic E-state index is 14.4. The van der Waals surface area contributed by atoms with E-state index in [4.69, 9.17) is 4.52 Å². The zero-order chi connectivity index (χ0) is 26.7. The molecule has 0 bridgehead atoms. The van der Waals surface area contributed by atoms with E-state index < -0.39 is 0 Å². The fraction of sp³-hybridized carbons (Fsp3) is 0.344. The Morgan fingerprint density at radius 2 is 1.82 bits per heavy atom. The molecule has 198 valence electrons. The summed E-state index contributed by atoms with van der Waals surface area (Å²) in [4.78, 5) is 11.3. The number of thiazole rings is 1. The molecule has 1 aliphatic heterocycles. The van der Waals surface area contributed by atoms with E-state index in [1.165, 1.54) is 5.57 Å². The van der Waals surface area contributed by atoms with Crippen molar-refractivity contribution in [2.45, 2.75) is 51.4 Å². The summed E-state index contributed by atoms with van der Waals surface area (Å²) >= 11 is 1.60. The summed E-state index contributed by atoms with van der Waals surface area (Å²) < 4.78 is 21.3. The Morgan fingerprint density at radius 1 is 1.10 bits per heavy atom. The summed E-state index contributed by atoms with van der Waals surface area (Å²) in [6.45, 7) is 11.8. The number of hydrogen-bond donors (Lipinski definition) is 0. The van der Waals surface area contributed by atoms with Crippen LogP contribution in [0.1, 0.15) is 72.5 Å². The Hall–Kier alpha value is -3.58. The highest BCUT2D eigenvalue weighted by Crippen LogP contribution is 2.54. The SMILES string of the molecule is C=Cc1cncc(C=C)c1-c1noc(C2CC2)c1C=C1CC2(CCN(c3nc4c(F)cc(C)cc4s3)CC2)C1. The minimum atomic E-state index is -0.222. The van der Waals surface area contributed by atoms with E-state index >= 15 is 0 Å². The van der Waals surface area contributed by atoms with Crippen LogP contribution in [0.25, 0.3) is 39.7 Å². The van der Waals surface area contributed by atoms with E-state index in [9.17, 15) is 4.39 Å². The van der Waals surface area contributed by atoms with Gasteiger partial charge in [0.05, 0.1) is 4.70 Å². The number of benzene rings is 1. The number of aryl methyl sites for hydroxylation is 1. The van der Waals surface area contributed by atoms with Gasteiger partial charge in [0.2, 0.25) is 0 Å². The van der Waals surface area contributed by atoms with Gasteiger partial charge in [0.25, 0.3) is 0 Å². The lowest BCUT2D eigenvalue weighted by molar-refractivity contribution is 0.155. The van der Waals surface area contributed by atoms with Crippen LogP contribution in [0.15, 0.2) is 47.8 Å². The summed E-state index contributed by atoms with van der Waals surface area (Å²) in [5.41, 5.74) is 8.08. The van der Waals surface area contributed by atoms with Crippen molar-refractivity contribution in [2.24, 2.45) is 5.41 Å². The molecule has 0 amide bonds. The number of allylic oxidation sites excluding steroid dienone is 1. The van der Waals surface area contributed by atoms with E-state index in [-0.39, 0.29) is 5.82 Å². The lowest BCUT2D eigenvalue weighted by atomic mass is 9.60. The van der Waals surface area contributed by atoms with E-state index in [2.05, 4.69) is 39.3 Å². The smallest absolute Gasteiger partial charge is 0.186 e. The van der Waals surface area contributed by atoms with Crippen molar-refractivity contribution in [3.63, 3.8) is 0 Å². The van der Waals surface area contributed by atoms with Crippen LogP contribution in [0.4, 0.5) is 9.52 Å². The molecule has 1 saturated heterocycles. The Kier molecular flexibility index (Phi) is 5.81. The van der Waals surface area contributed by atoms with E-state index in [0.29, 0.717) is 16.8 Å². The molecule has 2 aliphatic carbocycles. The molecule has 4 aromatic rings. The maximum atomic E-state index is 14.4. The molecule has 0 radical (unpaired) electrons. The van der Waals surface area contributed by atoms with E-state index in [1.807, 2.05) is 37.5 Å². The summed E-state index contributed by atoms with van der Waals surface area (Å²) in [7, 11) is 0. The van der Waals surface area contributed by atoms with Gasteiger partial charge in [-0.25, -0.2) is 9.37 Å². The third-order valence-electron chi connectivity index (χ3n) is 8.61. The topological polar surface area (TPSA) is 55.1 Å². The number of rotatable bonds is 6. The molecule has 3 fully saturated rings. The second-order valence-electron chi connectivity index (χ2n) is 11.4. The van der Waals surface area contributed by atoms with Gasteiger partial charge in [0, 0.05) is 53.7 Å². The molecule has 3 aliphatic rings. The van der Waals surface area contributed by atoms with Crippen LogP contribution < -0.4 is 4.90 Å². The number of aromatic nitrogens is 3. The van der Waals surface area contributed by atoms with Crippen LogP contribution in [0, 0.1) is 18.2 Å². The molecule has 1 aromatic carbocycles. The second-order valence-corrected chi connectivity index (χ2v) is 12.4. The molecule has 0 unspecified atom stereocenters. The van der Waals surface area contributed by atoms with Crippen LogP contribution in [0.5, 0.6) is 0 Å². The largest absolute Gasteiger partial charge is 0.360 e. The van der Waals surface area contributed by atoms with Crippen molar-refractivity contribution in [1.82, 2.24) is 15.1 Å². The normalized spacial score (nSPS) is 18.4. The Labute approximate surface area is 231 Å². The molecule has 0 N–H and O–H groups in total. The van der Waals surface area contributed by atoms with Crippen LogP contribution >= 0.6 is 11.3 Å². The maximum Gasteiger partial charge on any atom is 0.186 e. The monoisotopic (exact) mass is 538 g/mol. The highest BCUT2D eigenvalue weighted by molar-refractivity contribution is 7.22. The molecule has 0 atom stereocenters. The average Bonchev–Trinajstić information content (AvgIpc) is 3.54. The molecule has 5 nitrogen and oxygen atoms in total. The van der Waals surface area contributed by atoms with Crippen LogP contribution in [0.3, 0.4) is 0 Å². The van der Waals surface area contributed by atoms with Gasteiger partial charge in [0.15, 0.2) is 10.9 Å². The van der Waals surface area contributed by atoms with Gasteiger partial charge >= 0.3 is 0 Å². The Balaban J connectivity index is 1.12. The van der Waals surface area contributed by atoms with Gasteiger partial charge in [-0.3, -0.25) is 4.98 Å². The van der Waals surface area contributed by atoms with Gasteiger partial charge < -0.3 is 9.42 Å². The number of halogens is 1. The van der Waals surface area contributed by atoms with Crippen molar-refractivity contribution in [3.8, 4) is 11.3 Å². The molecular weight excluding hydrogens is 507 g/mol. The highest BCUT2D eigenvalue weighted by Gasteiger charge is 2.43. The van der Waals surface area contributed by atoms with Crippen molar-refractivity contribution in [2.75, 3.05) is 18.0 Å². The molecule has 4 heterocycles. The van der Waals surface area contributed by atoms with Gasteiger partial charge in [0.1, 0.15) is 17.0 Å². The zero-order valence-electron chi connectivity index (χ0n) is 22.2. The third-order valence-corrected chi connectivity index (χ3v) is 9.68. The number of hydrogen-bond acceptors (Lipinski definition) is 6. The lowest BCUT2D eigenvalue weighted by Gasteiger charge is -2.49. The Bertz CT molecular complexity index is 1620. The van der Waals surface area contributed by atoms with Crippen LogP contribution in [0.2, 0.25) is 0 Å². The Morgan fingerprint density at radius 3 is 2.49 bits per heavy atom. The lowest BCUT2D eigenvalue weighted by Crippen LogP contribution is -2.44. The number of anilines is 1. The molecule has 3 aromatic heterocycles. The minimum Gasteiger partial charge on any atom is -0.360 e. The van der Waals surface area contributed by atoms with E-state index in [0.717, 1.165) is 101 Å². The van der Waals surface area contributed by atoms with Crippen molar-refractivity contribution in [1.29, 1.82) is 0 Å². The number of piperidine rings is 1. The molecule has 1 spiro atoms. The van der Waals surface area contributed by atoms with Gasteiger partial charge in [-0.2, -0.15) is 0 Å². The fourth-order valence-corrected chi connectivity index (χ4v) is 7.46. The first-order chi connectivity index (χ1) is 19.0. The zero-order valence-corrected chi connectivity index (χ0v) is 23.0. The van der Waals surface area contributed by atoms with Crippen molar-refractivity contribution >= 4 is 44.9 Å². The summed E-state index contributed by atoms with van der Waals surface area (Å²) in [5, 5.41) is 5.51. The standard InChI is InChI=1S/C32H31FN4OS/c1-4-21-17-34-18-22(5-2)27(21)28-24(30(38-36-28)23-6-7-23)14-20-15-32(16-20)8-10-37(11-9-32)31-35-29-25(33)12-19(3)13-26(29)39-31/h4-5,12-14,17-18,23H,1-2,6-11,15-16H2,3H3. The first-order valence-corrected chi connectivity index (χ1v) is 14.5. The van der Waals surface area contributed by atoms with Crippen molar-refractivity contribution < 1.29 is 8.91 Å². The summed E-state index contributed by atoms with van der Waals surface area (Å²) in [5.74, 6) is 1.24. The van der Waals surface area contributed by atoms with E-state index in [1.54, 1.807) is 17.4 Å². The second kappa shape index (κ2) is 9.26. The quantitative estimate of drug-likeness (QED) is 0.247. The summed E-state index contributed by atoms with van der Waals surface area (Å²) in [6.07, 6.45) is 16.4. The van der Waals surface area contributed by atoms with Crippen molar-refractivity contribution in [3.05, 3.63) is 77.1 Å². The fourth-order valence-electron chi connectivity index (χ4n) is 6.33. The highest BCUT2D eigenvalue weighted by atomic mass is 32.1. The van der Waals surface area contributed by atoms with Crippen LogP contribution in [-0.4, -0.2) is 28.2 Å². The van der Waals surface area contributed by atoms with Crippen LogP contribution in [-0.2, 0) is 0 Å². The predicted octanol–water partition coefficient (Wildman–Crippen LogP) is 8.42. The molecular formula is C32H31FN4OS. The van der Waals surface area contributed by atoms with Gasteiger partial charge in [-0.15, -0.1) is 0 Å². The molecule has 39 heavy (non-hydrogen) atoms. The van der Waals surface area contributed by atoms with Gasteiger partial charge in [-0.1, -0.05) is 47.4 Å². The molecule has 7 rings (SSSR count). The molecule has 7 heteroatoms. The first kappa shape index (κ1) is 24.5. The molecule has 2 saturated carbocycles. The number of pyridine rings is 1. The summed E-state index contributed by atoms with van der Waals surface area (Å²) in [6, 6.07) is 3.60. The predicted molar refractivity (Wildman–Crippen MR) is 157 cm³/mol.